The Morgan fingerprint density at radius 3 is 2.70 bits per heavy atom. The van der Waals surface area contributed by atoms with Crippen LogP contribution in [0.25, 0.3) is 10.8 Å². The van der Waals surface area contributed by atoms with Crippen LogP contribution in [0.2, 0.25) is 0 Å². The van der Waals surface area contributed by atoms with Crippen LogP contribution in [0.5, 0.6) is 0 Å². The third-order valence-corrected chi connectivity index (χ3v) is 4.13. The summed E-state index contributed by atoms with van der Waals surface area (Å²) in [5.74, 6) is 1.29. The van der Waals surface area contributed by atoms with Gasteiger partial charge in [-0.1, -0.05) is 35.5 Å². The predicted molar refractivity (Wildman–Crippen MR) is 80.6 cm³/mol. The highest BCUT2D eigenvalue weighted by Crippen LogP contribution is 2.32. The van der Waals surface area contributed by atoms with E-state index in [-0.39, 0.29) is 0 Å². The minimum absolute atomic E-state index is 0.562. The molecule has 0 aliphatic carbocycles. The van der Waals surface area contributed by atoms with E-state index in [1.165, 1.54) is 16.9 Å². The minimum atomic E-state index is 0.562. The molecule has 0 amide bonds. The van der Waals surface area contributed by atoms with E-state index in [4.69, 9.17) is 10.3 Å². The second-order valence-corrected chi connectivity index (χ2v) is 5.75. The van der Waals surface area contributed by atoms with Gasteiger partial charge in [-0.3, -0.25) is 0 Å². The molecule has 0 aliphatic heterocycles. The van der Waals surface area contributed by atoms with E-state index in [1.54, 1.807) is 0 Å². The van der Waals surface area contributed by atoms with Gasteiger partial charge in [0.05, 0.1) is 9.88 Å². The van der Waals surface area contributed by atoms with Crippen molar-refractivity contribution in [3.05, 3.63) is 53.3 Å². The van der Waals surface area contributed by atoms with Gasteiger partial charge in [-0.2, -0.15) is 4.98 Å². The van der Waals surface area contributed by atoms with E-state index in [0.29, 0.717) is 5.89 Å². The van der Waals surface area contributed by atoms with Crippen LogP contribution >= 0.6 is 11.3 Å². The van der Waals surface area contributed by atoms with Crippen LogP contribution in [0.3, 0.4) is 0 Å². The number of aromatic nitrogens is 2. The largest absolute Gasteiger partial charge is 0.391 e. The summed E-state index contributed by atoms with van der Waals surface area (Å²) in [6, 6.07) is 12.2. The molecule has 0 fully saturated rings. The lowest BCUT2D eigenvalue weighted by atomic mass is 10.1. The van der Waals surface area contributed by atoms with Crippen molar-refractivity contribution in [2.75, 3.05) is 5.73 Å². The Hall–Kier alpha value is -2.14. The van der Waals surface area contributed by atoms with Gasteiger partial charge in [0.2, 0.25) is 0 Å². The summed E-state index contributed by atoms with van der Waals surface area (Å²) in [4.78, 5) is 5.41. The first-order chi connectivity index (χ1) is 9.72. The maximum Gasteiger partial charge on any atom is 0.268 e. The molecule has 3 aromatic rings. The molecule has 2 aromatic heterocycles. The van der Waals surface area contributed by atoms with E-state index in [9.17, 15) is 0 Å². The topological polar surface area (TPSA) is 64.9 Å². The quantitative estimate of drug-likeness (QED) is 0.797. The molecule has 0 bridgehead atoms. The predicted octanol–water partition coefficient (Wildman–Crippen LogP) is 3.47. The first-order valence-electron chi connectivity index (χ1n) is 6.45. The van der Waals surface area contributed by atoms with Crippen molar-refractivity contribution < 1.29 is 4.52 Å². The monoisotopic (exact) mass is 285 g/mol. The van der Waals surface area contributed by atoms with Crippen molar-refractivity contribution in [2.45, 2.75) is 19.8 Å². The maximum absolute atomic E-state index is 5.79. The molecular weight excluding hydrogens is 270 g/mol. The first-order valence-corrected chi connectivity index (χ1v) is 7.27. The number of nitrogens with two attached hydrogens (primary N) is 1. The fraction of sp³-hybridized carbons (Fsp3) is 0.200. The Morgan fingerprint density at radius 2 is 2.00 bits per heavy atom. The zero-order valence-electron chi connectivity index (χ0n) is 11.2. The summed E-state index contributed by atoms with van der Waals surface area (Å²) < 4.78 is 5.33. The van der Waals surface area contributed by atoms with Crippen molar-refractivity contribution in [1.29, 1.82) is 0 Å². The highest BCUT2D eigenvalue weighted by atomic mass is 32.1. The lowest BCUT2D eigenvalue weighted by Crippen LogP contribution is -1.93. The normalized spacial score (nSPS) is 10.8. The number of thiophene rings is 1. The number of nitrogen functional groups attached to an aromatic ring is 1. The molecule has 3 rings (SSSR count). The van der Waals surface area contributed by atoms with E-state index in [0.717, 1.165) is 34.1 Å². The van der Waals surface area contributed by atoms with Gasteiger partial charge in [0, 0.05) is 6.42 Å². The lowest BCUT2D eigenvalue weighted by molar-refractivity contribution is 0.423. The summed E-state index contributed by atoms with van der Waals surface area (Å²) in [5.41, 5.74) is 8.14. The minimum Gasteiger partial charge on any atom is -0.391 e. The van der Waals surface area contributed by atoms with Crippen LogP contribution in [-0.4, -0.2) is 10.1 Å². The fourth-order valence-electron chi connectivity index (χ4n) is 2.07. The third kappa shape index (κ3) is 2.72. The van der Waals surface area contributed by atoms with Crippen LogP contribution in [-0.2, 0) is 12.8 Å². The summed E-state index contributed by atoms with van der Waals surface area (Å²) >= 11 is 1.48. The van der Waals surface area contributed by atoms with Crippen LogP contribution in [0.15, 0.2) is 40.9 Å². The van der Waals surface area contributed by atoms with Crippen molar-refractivity contribution >= 4 is 16.3 Å². The second-order valence-electron chi connectivity index (χ2n) is 4.66. The van der Waals surface area contributed by atoms with Gasteiger partial charge in [-0.15, -0.1) is 11.3 Å². The summed E-state index contributed by atoms with van der Waals surface area (Å²) in [7, 11) is 0. The molecule has 0 unspecified atom stereocenters. The molecule has 2 N–H and O–H groups in total. The van der Waals surface area contributed by atoms with Crippen molar-refractivity contribution in [3.8, 4) is 10.8 Å². The molecule has 0 spiro atoms. The SMILES string of the molecule is Cc1cc(N)sc1-c1nc(CCc2ccccc2)no1. The number of hydrogen-bond acceptors (Lipinski definition) is 5. The molecule has 0 aliphatic rings. The highest BCUT2D eigenvalue weighted by Gasteiger charge is 2.14. The van der Waals surface area contributed by atoms with Crippen LogP contribution in [0.1, 0.15) is 17.0 Å². The number of benzene rings is 1. The Morgan fingerprint density at radius 1 is 1.20 bits per heavy atom. The van der Waals surface area contributed by atoms with Gasteiger partial charge in [0.1, 0.15) is 0 Å². The van der Waals surface area contributed by atoms with Crippen molar-refractivity contribution in [2.24, 2.45) is 0 Å². The van der Waals surface area contributed by atoms with Crippen LogP contribution in [0.4, 0.5) is 5.00 Å². The van der Waals surface area contributed by atoms with E-state index in [1.807, 2.05) is 31.2 Å². The summed E-state index contributed by atoms with van der Waals surface area (Å²) in [5, 5.41) is 4.80. The molecule has 2 heterocycles. The zero-order valence-corrected chi connectivity index (χ0v) is 12.0. The maximum atomic E-state index is 5.79. The van der Waals surface area contributed by atoms with E-state index >= 15 is 0 Å². The number of aryl methyl sites for hydroxylation is 3. The third-order valence-electron chi connectivity index (χ3n) is 3.08. The lowest BCUT2D eigenvalue weighted by Gasteiger charge is -1.96. The molecule has 0 atom stereocenters. The second kappa shape index (κ2) is 5.46. The van der Waals surface area contributed by atoms with Crippen molar-refractivity contribution in [1.82, 2.24) is 10.1 Å². The molecule has 0 saturated heterocycles. The average Bonchev–Trinajstić information content (AvgIpc) is 3.04. The molecule has 1 aromatic carbocycles. The number of rotatable bonds is 4. The average molecular weight is 285 g/mol. The molecule has 0 radical (unpaired) electrons. The molecule has 4 nitrogen and oxygen atoms in total. The standard InChI is InChI=1S/C15H15N3OS/c1-10-9-12(16)20-14(10)15-17-13(18-19-15)8-7-11-5-3-2-4-6-11/h2-6,9H,7-8,16H2,1H3. The van der Waals surface area contributed by atoms with Gasteiger partial charge in [0.15, 0.2) is 5.82 Å². The van der Waals surface area contributed by atoms with E-state index in [2.05, 4.69) is 22.3 Å². The zero-order chi connectivity index (χ0) is 13.9. The van der Waals surface area contributed by atoms with Crippen LogP contribution in [0, 0.1) is 6.92 Å². The summed E-state index contributed by atoms with van der Waals surface area (Å²) in [6.07, 6.45) is 1.68. The smallest absolute Gasteiger partial charge is 0.268 e. The van der Waals surface area contributed by atoms with Gasteiger partial charge >= 0.3 is 0 Å². The molecule has 5 heteroatoms. The van der Waals surface area contributed by atoms with Gasteiger partial charge in [-0.25, -0.2) is 0 Å². The fourth-order valence-corrected chi connectivity index (χ4v) is 2.93. The summed E-state index contributed by atoms with van der Waals surface area (Å²) in [6.45, 7) is 2.00. The first kappa shape index (κ1) is 12.9. The highest BCUT2D eigenvalue weighted by molar-refractivity contribution is 7.19. The van der Waals surface area contributed by atoms with Gasteiger partial charge in [0.25, 0.3) is 5.89 Å². The number of hydrogen-bond donors (Lipinski definition) is 1. The van der Waals surface area contributed by atoms with E-state index < -0.39 is 0 Å². The Bertz CT molecular complexity index is 703. The number of anilines is 1. The van der Waals surface area contributed by atoms with Crippen molar-refractivity contribution in [3.63, 3.8) is 0 Å². The molecule has 0 saturated carbocycles. The number of nitrogens with zero attached hydrogens (tertiary/aromatic N) is 2. The Labute approximate surface area is 121 Å². The van der Waals surface area contributed by atoms with Crippen LogP contribution < -0.4 is 5.73 Å². The molecule has 102 valence electrons. The Balaban J connectivity index is 1.73. The molecule has 20 heavy (non-hydrogen) atoms. The van der Waals surface area contributed by atoms with Gasteiger partial charge < -0.3 is 10.3 Å². The van der Waals surface area contributed by atoms with Gasteiger partial charge in [-0.05, 0) is 30.5 Å². The Kier molecular flexibility index (Phi) is 3.52. The molecular formula is C15H15N3OS.